The van der Waals surface area contributed by atoms with Crippen molar-refractivity contribution in [2.75, 3.05) is 7.05 Å². The summed E-state index contributed by atoms with van der Waals surface area (Å²) in [4.78, 5) is 19.6. The third-order valence-electron chi connectivity index (χ3n) is 3.30. The number of hydrogen-bond acceptors (Lipinski definition) is 4. The molecule has 0 fully saturated rings. The van der Waals surface area contributed by atoms with Crippen molar-refractivity contribution in [3.8, 4) is 0 Å². The lowest BCUT2D eigenvalue weighted by Gasteiger charge is -2.23. The number of amides is 1. The number of rotatable bonds is 5. The van der Waals surface area contributed by atoms with Crippen molar-refractivity contribution in [1.29, 1.82) is 0 Å². The normalized spacial score (nSPS) is 12.7. The number of carbonyl (C=O) groups excluding carboxylic acids is 1. The molecule has 2 aromatic heterocycles. The number of carbonyl (C=O) groups is 1. The second-order valence-electron chi connectivity index (χ2n) is 5.25. The number of thiophene rings is 1. The number of aromatic amines is 1. The maximum absolute atomic E-state index is 12.3. The molecule has 2 rings (SSSR count). The summed E-state index contributed by atoms with van der Waals surface area (Å²) in [7, 11) is 1.80. The van der Waals surface area contributed by atoms with Crippen molar-refractivity contribution >= 4 is 17.2 Å². The molecule has 0 spiro atoms. The first-order valence-electron chi connectivity index (χ1n) is 6.71. The molecule has 0 bridgehead atoms. The molecule has 6 heteroatoms. The number of aromatic nitrogens is 3. The Morgan fingerprint density at radius 3 is 2.75 bits per heavy atom. The number of likely N-dealkylation sites (N-methyl/N-ethyl adjacent to an activating group) is 1. The fourth-order valence-electron chi connectivity index (χ4n) is 1.84. The monoisotopic (exact) mass is 292 g/mol. The average molecular weight is 292 g/mol. The molecule has 0 aromatic carbocycles. The van der Waals surface area contributed by atoms with E-state index in [2.05, 4.69) is 21.2 Å². The summed E-state index contributed by atoms with van der Waals surface area (Å²) in [5.41, 5.74) is 0. The minimum absolute atomic E-state index is 0.113. The van der Waals surface area contributed by atoms with Crippen molar-refractivity contribution in [2.45, 2.75) is 39.2 Å². The number of nitrogens with one attached hydrogen (secondary N) is 1. The van der Waals surface area contributed by atoms with Gasteiger partial charge in [-0.25, -0.2) is 4.98 Å². The summed E-state index contributed by atoms with van der Waals surface area (Å²) in [5.74, 6) is 1.08. The van der Waals surface area contributed by atoms with E-state index in [9.17, 15) is 4.79 Å². The highest BCUT2D eigenvalue weighted by Gasteiger charge is 2.22. The molecular formula is C14H20N4OS. The fourth-order valence-corrected chi connectivity index (χ4v) is 2.67. The van der Waals surface area contributed by atoms with Gasteiger partial charge in [0.1, 0.15) is 5.82 Å². The maximum Gasteiger partial charge on any atom is 0.293 e. The molecular weight excluding hydrogens is 272 g/mol. The predicted octanol–water partition coefficient (Wildman–Crippen LogP) is 2.69. The lowest BCUT2D eigenvalue weighted by Crippen LogP contribution is -2.36. The molecule has 2 aromatic rings. The Labute approximate surface area is 123 Å². The van der Waals surface area contributed by atoms with Crippen LogP contribution in [-0.2, 0) is 6.42 Å². The van der Waals surface area contributed by atoms with E-state index in [1.54, 1.807) is 23.3 Å². The highest BCUT2D eigenvalue weighted by Crippen LogP contribution is 2.15. The van der Waals surface area contributed by atoms with Gasteiger partial charge in [-0.3, -0.25) is 9.89 Å². The van der Waals surface area contributed by atoms with Crippen LogP contribution in [-0.4, -0.2) is 39.1 Å². The Balaban J connectivity index is 2.03. The number of hydrogen-bond donors (Lipinski definition) is 1. The summed E-state index contributed by atoms with van der Waals surface area (Å²) in [6.45, 7) is 6.06. The Morgan fingerprint density at radius 2 is 2.20 bits per heavy atom. The van der Waals surface area contributed by atoms with Crippen molar-refractivity contribution < 1.29 is 4.79 Å². The number of H-pyrrole nitrogens is 1. The molecule has 0 aliphatic rings. The zero-order valence-electron chi connectivity index (χ0n) is 12.3. The molecule has 2 heterocycles. The molecule has 1 amide bonds. The van der Waals surface area contributed by atoms with Crippen LogP contribution in [0.5, 0.6) is 0 Å². The molecule has 0 saturated carbocycles. The standard InChI is InChI=1S/C14H20N4OS/c1-9(2)12-15-13(17-16-12)14(19)18(4)10(3)8-11-6-5-7-20-11/h5-7,9-10H,8H2,1-4H3,(H,15,16,17). The van der Waals surface area contributed by atoms with E-state index in [-0.39, 0.29) is 23.7 Å². The minimum atomic E-state index is -0.141. The molecule has 0 saturated heterocycles. The summed E-state index contributed by atoms with van der Waals surface area (Å²) < 4.78 is 0. The third kappa shape index (κ3) is 3.25. The van der Waals surface area contributed by atoms with Crippen LogP contribution in [0.15, 0.2) is 17.5 Å². The van der Waals surface area contributed by atoms with Gasteiger partial charge in [-0.05, 0) is 18.4 Å². The first-order valence-corrected chi connectivity index (χ1v) is 7.58. The van der Waals surface area contributed by atoms with Gasteiger partial charge in [-0.15, -0.1) is 16.4 Å². The lowest BCUT2D eigenvalue weighted by molar-refractivity contribution is 0.0732. The molecule has 1 N–H and O–H groups in total. The summed E-state index contributed by atoms with van der Waals surface area (Å²) in [6.07, 6.45) is 0.849. The molecule has 0 aliphatic heterocycles. The predicted molar refractivity (Wildman–Crippen MR) is 80.1 cm³/mol. The molecule has 0 aliphatic carbocycles. The van der Waals surface area contributed by atoms with Gasteiger partial charge in [-0.2, -0.15) is 0 Å². The van der Waals surface area contributed by atoms with E-state index in [4.69, 9.17) is 0 Å². The van der Waals surface area contributed by atoms with Crippen molar-refractivity contribution in [3.63, 3.8) is 0 Å². The van der Waals surface area contributed by atoms with E-state index in [0.717, 1.165) is 12.2 Å². The van der Waals surface area contributed by atoms with Gasteiger partial charge in [0.2, 0.25) is 5.82 Å². The highest BCUT2D eigenvalue weighted by molar-refractivity contribution is 7.09. The molecule has 1 atom stereocenters. The second kappa shape index (κ2) is 6.17. The van der Waals surface area contributed by atoms with Gasteiger partial charge in [0.05, 0.1) is 0 Å². The van der Waals surface area contributed by atoms with E-state index < -0.39 is 0 Å². The van der Waals surface area contributed by atoms with E-state index in [1.165, 1.54) is 4.88 Å². The van der Waals surface area contributed by atoms with E-state index in [1.807, 2.05) is 32.2 Å². The molecule has 20 heavy (non-hydrogen) atoms. The zero-order chi connectivity index (χ0) is 14.7. The van der Waals surface area contributed by atoms with Gasteiger partial charge in [0, 0.05) is 30.3 Å². The second-order valence-corrected chi connectivity index (χ2v) is 6.28. The Kier molecular flexibility index (Phi) is 4.54. The SMILES string of the molecule is CC(C)c1nc(C(=O)N(C)C(C)Cc2cccs2)n[nH]1. The van der Waals surface area contributed by atoms with Gasteiger partial charge in [0.25, 0.3) is 5.91 Å². The maximum atomic E-state index is 12.3. The van der Waals surface area contributed by atoms with Gasteiger partial charge < -0.3 is 4.90 Å². The number of nitrogens with zero attached hydrogens (tertiary/aromatic N) is 3. The van der Waals surface area contributed by atoms with E-state index in [0.29, 0.717) is 0 Å². The van der Waals surface area contributed by atoms with Crippen LogP contribution in [0, 0.1) is 0 Å². The van der Waals surface area contributed by atoms with Crippen molar-refractivity contribution in [3.05, 3.63) is 34.0 Å². The van der Waals surface area contributed by atoms with Crippen LogP contribution in [0.25, 0.3) is 0 Å². The lowest BCUT2D eigenvalue weighted by atomic mass is 10.2. The van der Waals surface area contributed by atoms with Gasteiger partial charge in [-0.1, -0.05) is 19.9 Å². The van der Waals surface area contributed by atoms with Gasteiger partial charge >= 0.3 is 0 Å². The molecule has 0 radical (unpaired) electrons. The topological polar surface area (TPSA) is 61.9 Å². The van der Waals surface area contributed by atoms with Crippen LogP contribution in [0.4, 0.5) is 0 Å². The minimum Gasteiger partial charge on any atom is -0.336 e. The summed E-state index contributed by atoms with van der Waals surface area (Å²) in [5, 5.41) is 8.88. The Morgan fingerprint density at radius 1 is 1.45 bits per heavy atom. The molecule has 108 valence electrons. The van der Waals surface area contributed by atoms with Crippen molar-refractivity contribution in [1.82, 2.24) is 20.1 Å². The molecule has 1 unspecified atom stereocenters. The summed E-state index contributed by atoms with van der Waals surface area (Å²) in [6, 6.07) is 4.23. The third-order valence-corrected chi connectivity index (χ3v) is 4.20. The zero-order valence-corrected chi connectivity index (χ0v) is 13.1. The van der Waals surface area contributed by atoms with Crippen LogP contribution in [0.3, 0.4) is 0 Å². The van der Waals surface area contributed by atoms with Crippen LogP contribution in [0.1, 0.15) is 48.0 Å². The van der Waals surface area contributed by atoms with Crippen LogP contribution < -0.4 is 0 Å². The molecule has 5 nitrogen and oxygen atoms in total. The van der Waals surface area contributed by atoms with Gasteiger partial charge in [0.15, 0.2) is 0 Å². The fraction of sp³-hybridized carbons (Fsp3) is 0.500. The average Bonchev–Trinajstić information content (AvgIpc) is 3.07. The van der Waals surface area contributed by atoms with Crippen LogP contribution >= 0.6 is 11.3 Å². The Bertz CT molecular complexity index is 562. The highest BCUT2D eigenvalue weighted by atomic mass is 32.1. The van der Waals surface area contributed by atoms with E-state index >= 15 is 0 Å². The first kappa shape index (κ1) is 14.7. The Hall–Kier alpha value is -1.69. The largest absolute Gasteiger partial charge is 0.336 e. The first-order chi connectivity index (χ1) is 9.49. The smallest absolute Gasteiger partial charge is 0.293 e. The quantitative estimate of drug-likeness (QED) is 0.921. The van der Waals surface area contributed by atoms with Crippen LogP contribution in [0.2, 0.25) is 0 Å². The summed E-state index contributed by atoms with van der Waals surface area (Å²) >= 11 is 1.71. The van der Waals surface area contributed by atoms with Crippen molar-refractivity contribution in [2.24, 2.45) is 0 Å².